The Balaban J connectivity index is 1.34. The second kappa shape index (κ2) is 11.0. The number of amides is 2. The van der Waals surface area contributed by atoms with Gasteiger partial charge in [0, 0.05) is 30.6 Å². The average Bonchev–Trinajstić information content (AvgIpc) is 3.11. The zero-order valence-corrected chi connectivity index (χ0v) is 19.3. The van der Waals surface area contributed by atoms with Gasteiger partial charge in [-0.05, 0) is 62.5 Å². The average molecular weight is 454 g/mol. The summed E-state index contributed by atoms with van der Waals surface area (Å²) in [4.78, 5) is 30.4. The lowest BCUT2D eigenvalue weighted by Crippen LogP contribution is -2.38. The zero-order chi connectivity index (χ0) is 22.3. The smallest absolute Gasteiger partial charge is 0.255 e. The van der Waals surface area contributed by atoms with Crippen LogP contribution in [0.1, 0.15) is 54.4 Å². The highest BCUT2D eigenvalue weighted by atomic mass is 35.5. The fraction of sp³-hybridized carbons (Fsp3) is 0.462. The first-order valence-corrected chi connectivity index (χ1v) is 12.1. The van der Waals surface area contributed by atoms with Gasteiger partial charge in [0.15, 0.2) is 0 Å². The summed E-state index contributed by atoms with van der Waals surface area (Å²) in [6.07, 6.45) is 6.06. The summed E-state index contributed by atoms with van der Waals surface area (Å²) in [6.45, 7) is 4.12. The van der Waals surface area contributed by atoms with E-state index in [1.807, 2.05) is 47.4 Å². The molecule has 32 heavy (non-hydrogen) atoms. The molecule has 5 nitrogen and oxygen atoms in total. The van der Waals surface area contributed by atoms with Crippen LogP contribution >= 0.6 is 11.6 Å². The molecule has 2 amide bonds. The number of benzene rings is 2. The van der Waals surface area contributed by atoms with Gasteiger partial charge in [-0.3, -0.25) is 14.5 Å². The summed E-state index contributed by atoms with van der Waals surface area (Å²) >= 11 is 6.30. The van der Waals surface area contributed by atoms with Crippen molar-refractivity contribution < 1.29 is 9.59 Å². The van der Waals surface area contributed by atoms with Gasteiger partial charge in [0.2, 0.25) is 5.91 Å². The van der Waals surface area contributed by atoms with Crippen molar-refractivity contribution in [1.29, 1.82) is 0 Å². The minimum atomic E-state index is -0.0427. The molecule has 2 aromatic carbocycles. The highest BCUT2D eigenvalue weighted by molar-refractivity contribution is 6.31. The summed E-state index contributed by atoms with van der Waals surface area (Å²) in [6, 6.07) is 15.3. The molecule has 0 bridgehead atoms. The number of hydrogen-bond donors (Lipinski definition) is 1. The summed E-state index contributed by atoms with van der Waals surface area (Å²) in [5.41, 5.74) is 2.35. The molecule has 0 aromatic heterocycles. The number of halogens is 1. The minimum Gasteiger partial charge on any atom is -0.339 e. The predicted octanol–water partition coefficient (Wildman–Crippen LogP) is 5.21. The number of hydrogen-bond acceptors (Lipinski definition) is 3. The number of para-hydroxylation sites is 1. The molecule has 2 aromatic rings. The molecule has 2 saturated heterocycles. The lowest BCUT2D eigenvalue weighted by atomic mass is 9.95. The van der Waals surface area contributed by atoms with Crippen LogP contribution in [0.2, 0.25) is 5.02 Å². The Morgan fingerprint density at radius 1 is 0.875 bits per heavy atom. The van der Waals surface area contributed by atoms with Crippen LogP contribution in [0.5, 0.6) is 0 Å². The van der Waals surface area contributed by atoms with Crippen LogP contribution in [0.15, 0.2) is 48.5 Å². The largest absolute Gasteiger partial charge is 0.339 e. The van der Waals surface area contributed by atoms with Gasteiger partial charge in [0.25, 0.3) is 5.91 Å². The van der Waals surface area contributed by atoms with Crippen LogP contribution in [0.4, 0.5) is 5.69 Å². The van der Waals surface area contributed by atoms with Crippen molar-refractivity contribution in [3.8, 4) is 0 Å². The third kappa shape index (κ3) is 5.70. The third-order valence-electron chi connectivity index (χ3n) is 6.62. The molecule has 6 heteroatoms. The van der Waals surface area contributed by atoms with Crippen LogP contribution in [-0.4, -0.2) is 47.8 Å². The Labute approximate surface area is 195 Å². The highest BCUT2D eigenvalue weighted by Crippen LogP contribution is 2.25. The van der Waals surface area contributed by atoms with Crippen molar-refractivity contribution in [2.45, 2.75) is 45.1 Å². The van der Waals surface area contributed by atoms with Crippen molar-refractivity contribution in [2.24, 2.45) is 5.92 Å². The topological polar surface area (TPSA) is 52.7 Å². The van der Waals surface area contributed by atoms with Crippen molar-refractivity contribution >= 4 is 29.1 Å². The number of piperidine rings is 1. The van der Waals surface area contributed by atoms with E-state index in [4.69, 9.17) is 11.6 Å². The molecule has 2 aliphatic heterocycles. The van der Waals surface area contributed by atoms with Gasteiger partial charge >= 0.3 is 0 Å². The van der Waals surface area contributed by atoms with E-state index >= 15 is 0 Å². The van der Waals surface area contributed by atoms with Gasteiger partial charge < -0.3 is 10.2 Å². The molecule has 0 unspecified atom stereocenters. The normalized spacial score (nSPS) is 18.2. The van der Waals surface area contributed by atoms with E-state index in [1.54, 1.807) is 0 Å². The fourth-order valence-electron chi connectivity index (χ4n) is 4.68. The predicted molar refractivity (Wildman–Crippen MR) is 129 cm³/mol. The summed E-state index contributed by atoms with van der Waals surface area (Å²) in [5, 5.41) is 3.85. The van der Waals surface area contributed by atoms with Gasteiger partial charge in [0.1, 0.15) is 0 Å². The van der Waals surface area contributed by atoms with Crippen molar-refractivity contribution in [3.05, 3.63) is 64.7 Å². The van der Waals surface area contributed by atoms with E-state index in [0.29, 0.717) is 11.3 Å². The van der Waals surface area contributed by atoms with E-state index in [9.17, 15) is 9.59 Å². The Hall–Kier alpha value is -2.37. The Morgan fingerprint density at radius 3 is 2.25 bits per heavy atom. The Bertz CT molecular complexity index is 932. The van der Waals surface area contributed by atoms with E-state index in [0.717, 1.165) is 69.0 Å². The summed E-state index contributed by atoms with van der Waals surface area (Å²) in [7, 11) is 0. The quantitative estimate of drug-likeness (QED) is 0.676. The lowest BCUT2D eigenvalue weighted by molar-refractivity contribution is -0.121. The van der Waals surface area contributed by atoms with Gasteiger partial charge in [-0.15, -0.1) is 0 Å². The maximum atomic E-state index is 13.1. The molecule has 0 atom stereocenters. The maximum absolute atomic E-state index is 13.1. The van der Waals surface area contributed by atoms with Gasteiger partial charge in [-0.1, -0.05) is 54.8 Å². The number of carbonyl (C=O) groups is 2. The fourth-order valence-corrected chi connectivity index (χ4v) is 4.87. The monoisotopic (exact) mass is 453 g/mol. The first-order valence-electron chi connectivity index (χ1n) is 11.8. The Morgan fingerprint density at radius 2 is 1.53 bits per heavy atom. The number of rotatable bonds is 5. The van der Waals surface area contributed by atoms with Crippen molar-refractivity contribution in [3.63, 3.8) is 0 Å². The summed E-state index contributed by atoms with van der Waals surface area (Å²) in [5.74, 6) is -0.00490. The second-order valence-electron chi connectivity index (χ2n) is 8.88. The molecule has 0 aliphatic carbocycles. The third-order valence-corrected chi connectivity index (χ3v) is 6.99. The van der Waals surface area contributed by atoms with E-state index < -0.39 is 0 Å². The molecule has 2 fully saturated rings. The standard InChI is InChI=1S/C26H32ClN3O2/c27-23-11-5-3-9-21(23)19-29-17-13-20(14-18-29)25(31)28-24-12-6-4-10-22(24)26(32)30-15-7-1-2-8-16-30/h3-6,9-12,20H,1-2,7-8,13-19H2,(H,28,31). The SMILES string of the molecule is O=C(Nc1ccccc1C(=O)N1CCCCCC1)C1CCN(Cc2ccccc2Cl)CC1. The molecule has 0 saturated carbocycles. The number of anilines is 1. The van der Waals surface area contributed by atoms with Gasteiger partial charge in [0.05, 0.1) is 11.3 Å². The molecule has 1 N–H and O–H groups in total. The summed E-state index contributed by atoms with van der Waals surface area (Å²) < 4.78 is 0. The molecular weight excluding hydrogens is 422 g/mol. The van der Waals surface area contributed by atoms with E-state index in [1.165, 1.54) is 12.8 Å². The number of likely N-dealkylation sites (tertiary alicyclic amines) is 2. The molecule has 4 rings (SSSR count). The van der Waals surface area contributed by atoms with E-state index in [2.05, 4.69) is 16.3 Å². The van der Waals surface area contributed by atoms with E-state index in [-0.39, 0.29) is 17.7 Å². The number of carbonyl (C=O) groups excluding carboxylic acids is 2. The van der Waals surface area contributed by atoms with Crippen LogP contribution in [0.25, 0.3) is 0 Å². The minimum absolute atomic E-state index is 0.0125. The molecule has 170 valence electrons. The number of nitrogens with one attached hydrogen (secondary N) is 1. The van der Waals surface area contributed by atoms with Gasteiger partial charge in [-0.25, -0.2) is 0 Å². The maximum Gasteiger partial charge on any atom is 0.255 e. The van der Waals surface area contributed by atoms with Gasteiger partial charge in [-0.2, -0.15) is 0 Å². The first-order chi connectivity index (χ1) is 15.6. The molecule has 2 aliphatic rings. The molecule has 0 radical (unpaired) electrons. The molecular formula is C26H32ClN3O2. The first kappa shape index (κ1) is 22.8. The molecule has 2 heterocycles. The van der Waals surface area contributed by atoms with Crippen LogP contribution < -0.4 is 5.32 Å². The number of nitrogens with zero attached hydrogens (tertiary/aromatic N) is 2. The lowest BCUT2D eigenvalue weighted by Gasteiger charge is -2.31. The second-order valence-corrected chi connectivity index (χ2v) is 9.29. The zero-order valence-electron chi connectivity index (χ0n) is 18.6. The van der Waals surface area contributed by atoms with Crippen molar-refractivity contribution in [2.75, 3.05) is 31.5 Å². The molecule has 0 spiro atoms. The van der Waals surface area contributed by atoms with Crippen molar-refractivity contribution in [1.82, 2.24) is 9.80 Å². The van der Waals surface area contributed by atoms with Crippen LogP contribution in [0, 0.1) is 5.92 Å². The Kier molecular flexibility index (Phi) is 7.82. The highest BCUT2D eigenvalue weighted by Gasteiger charge is 2.27. The van der Waals surface area contributed by atoms with Crippen LogP contribution in [0.3, 0.4) is 0 Å². The van der Waals surface area contributed by atoms with Crippen LogP contribution in [-0.2, 0) is 11.3 Å².